The van der Waals surface area contributed by atoms with Gasteiger partial charge in [0.2, 0.25) is 5.91 Å². The number of fused-ring (bicyclic) bond motifs is 1. The Labute approximate surface area is 152 Å². The molecule has 1 aromatic heterocycles. The van der Waals surface area contributed by atoms with Gasteiger partial charge in [-0.3, -0.25) is 4.79 Å². The van der Waals surface area contributed by atoms with Gasteiger partial charge in [-0.25, -0.2) is 10.4 Å². The summed E-state index contributed by atoms with van der Waals surface area (Å²) in [5, 5.41) is 5.87. The molecule has 0 fully saturated rings. The van der Waals surface area contributed by atoms with Crippen LogP contribution in [0.2, 0.25) is 0 Å². The van der Waals surface area contributed by atoms with E-state index in [-0.39, 0.29) is 11.7 Å². The fourth-order valence-electron chi connectivity index (χ4n) is 2.03. The Kier molecular flexibility index (Phi) is 5.61. The maximum Gasteiger partial charge on any atom is 0.250 e. The molecule has 1 N–H and O–H groups in total. The monoisotopic (exact) mass is 399 g/mol. The first-order valence-electron chi connectivity index (χ1n) is 7.27. The van der Waals surface area contributed by atoms with Crippen LogP contribution in [0.15, 0.2) is 75.3 Å². The normalized spacial score (nSPS) is 11.0. The SMILES string of the molecule is O=C(CSc1ccc2ccccc2n1)N/N=C/c1ccc(Br)cc1. The molecule has 1 amide bonds. The van der Waals surface area contributed by atoms with Crippen molar-refractivity contribution in [3.63, 3.8) is 0 Å². The van der Waals surface area contributed by atoms with E-state index in [4.69, 9.17) is 0 Å². The van der Waals surface area contributed by atoms with Crippen LogP contribution in [0.3, 0.4) is 0 Å². The third kappa shape index (κ3) is 4.66. The summed E-state index contributed by atoms with van der Waals surface area (Å²) in [6, 6.07) is 19.5. The molecule has 0 radical (unpaired) electrons. The van der Waals surface area contributed by atoms with E-state index in [1.165, 1.54) is 11.8 Å². The van der Waals surface area contributed by atoms with Crippen molar-refractivity contribution in [3.05, 3.63) is 70.7 Å². The van der Waals surface area contributed by atoms with E-state index in [2.05, 4.69) is 31.4 Å². The average molecular weight is 400 g/mol. The lowest BCUT2D eigenvalue weighted by molar-refractivity contribution is -0.118. The van der Waals surface area contributed by atoms with E-state index in [9.17, 15) is 4.79 Å². The molecule has 0 spiro atoms. The predicted octanol–water partition coefficient (Wildman–Crippen LogP) is 4.24. The minimum Gasteiger partial charge on any atom is -0.272 e. The molecule has 4 nitrogen and oxygen atoms in total. The molecule has 0 aliphatic rings. The van der Waals surface area contributed by atoms with Crippen molar-refractivity contribution in [1.29, 1.82) is 0 Å². The zero-order chi connectivity index (χ0) is 16.8. The van der Waals surface area contributed by atoms with Crippen LogP contribution in [0.1, 0.15) is 5.56 Å². The number of nitrogens with one attached hydrogen (secondary N) is 1. The number of halogens is 1. The van der Waals surface area contributed by atoms with E-state index in [0.29, 0.717) is 0 Å². The van der Waals surface area contributed by atoms with Gasteiger partial charge < -0.3 is 0 Å². The first-order chi connectivity index (χ1) is 11.7. The Morgan fingerprint density at radius 3 is 2.75 bits per heavy atom. The van der Waals surface area contributed by atoms with Crippen LogP contribution in [-0.4, -0.2) is 22.9 Å². The number of hydrazone groups is 1. The number of thioether (sulfide) groups is 1. The first-order valence-corrected chi connectivity index (χ1v) is 9.05. The lowest BCUT2D eigenvalue weighted by atomic mass is 10.2. The Bertz CT molecular complexity index is 881. The van der Waals surface area contributed by atoms with Crippen LogP contribution in [0, 0.1) is 0 Å². The first kappa shape index (κ1) is 16.7. The number of carbonyl (C=O) groups excluding carboxylic acids is 1. The number of aromatic nitrogens is 1. The summed E-state index contributed by atoms with van der Waals surface area (Å²) in [4.78, 5) is 16.4. The van der Waals surface area contributed by atoms with E-state index < -0.39 is 0 Å². The molecule has 3 aromatic rings. The van der Waals surface area contributed by atoms with Gasteiger partial charge in [0.15, 0.2) is 0 Å². The van der Waals surface area contributed by atoms with Crippen molar-refractivity contribution in [2.24, 2.45) is 5.10 Å². The molecular formula is C18H14BrN3OS. The van der Waals surface area contributed by atoms with Gasteiger partial charge in [-0.15, -0.1) is 0 Å². The third-order valence-electron chi connectivity index (χ3n) is 3.20. The van der Waals surface area contributed by atoms with Crippen molar-refractivity contribution in [3.8, 4) is 0 Å². The molecule has 120 valence electrons. The van der Waals surface area contributed by atoms with Crippen molar-refractivity contribution in [1.82, 2.24) is 10.4 Å². The minimum absolute atomic E-state index is 0.164. The fraction of sp³-hybridized carbons (Fsp3) is 0.0556. The Hall–Kier alpha value is -2.18. The summed E-state index contributed by atoms with van der Waals surface area (Å²) in [7, 11) is 0. The molecular weight excluding hydrogens is 386 g/mol. The summed E-state index contributed by atoms with van der Waals surface area (Å²) in [6.07, 6.45) is 1.61. The minimum atomic E-state index is -0.164. The maximum absolute atomic E-state index is 11.8. The third-order valence-corrected chi connectivity index (χ3v) is 4.66. The molecule has 0 saturated heterocycles. The Balaban J connectivity index is 1.52. The van der Waals surface area contributed by atoms with Crippen LogP contribution in [-0.2, 0) is 4.79 Å². The molecule has 6 heteroatoms. The highest BCUT2D eigenvalue weighted by Gasteiger charge is 2.03. The van der Waals surface area contributed by atoms with E-state index >= 15 is 0 Å². The van der Waals surface area contributed by atoms with Gasteiger partial charge in [-0.05, 0) is 29.8 Å². The van der Waals surface area contributed by atoms with Crippen LogP contribution in [0.4, 0.5) is 0 Å². The molecule has 24 heavy (non-hydrogen) atoms. The van der Waals surface area contributed by atoms with Gasteiger partial charge in [0, 0.05) is 9.86 Å². The van der Waals surface area contributed by atoms with Crippen molar-refractivity contribution in [2.75, 3.05) is 5.75 Å². The predicted molar refractivity (Wildman–Crippen MR) is 102 cm³/mol. The number of rotatable bonds is 5. The number of hydrogen-bond acceptors (Lipinski definition) is 4. The molecule has 3 rings (SSSR count). The second-order valence-corrected chi connectivity index (χ2v) is 6.89. The lowest BCUT2D eigenvalue weighted by Gasteiger charge is -2.02. The number of para-hydroxylation sites is 1. The van der Waals surface area contributed by atoms with Gasteiger partial charge >= 0.3 is 0 Å². The van der Waals surface area contributed by atoms with Crippen LogP contribution in [0.25, 0.3) is 10.9 Å². The summed E-state index contributed by atoms with van der Waals surface area (Å²) < 4.78 is 1.00. The smallest absolute Gasteiger partial charge is 0.250 e. The number of carbonyl (C=O) groups is 1. The quantitative estimate of drug-likeness (QED) is 0.396. The van der Waals surface area contributed by atoms with E-state index in [1.54, 1.807) is 6.21 Å². The van der Waals surface area contributed by atoms with Crippen molar-refractivity contribution in [2.45, 2.75) is 5.03 Å². The summed E-state index contributed by atoms with van der Waals surface area (Å²) in [5.41, 5.74) is 4.37. The second kappa shape index (κ2) is 8.08. The molecule has 0 aliphatic carbocycles. The molecule has 0 bridgehead atoms. The highest BCUT2D eigenvalue weighted by Crippen LogP contribution is 2.19. The molecule has 1 heterocycles. The number of hydrogen-bond donors (Lipinski definition) is 1. The molecule has 2 aromatic carbocycles. The maximum atomic E-state index is 11.8. The highest BCUT2D eigenvalue weighted by molar-refractivity contribution is 9.10. The van der Waals surface area contributed by atoms with Gasteiger partial charge in [0.25, 0.3) is 0 Å². The van der Waals surface area contributed by atoms with Crippen LogP contribution in [0.5, 0.6) is 0 Å². The Morgan fingerprint density at radius 1 is 1.12 bits per heavy atom. The molecule has 0 aliphatic heterocycles. The summed E-state index contributed by atoms with van der Waals surface area (Å²) in [6.45, 7) is 0. The largest absolute Gasteiger partial charge is 0.272 e. The lowest BCUT2D eigenvalue weighted by Crippen LogP contribution is -2.19. The summed E-state index contributed by atoms with van der Waals surface area (Å²) >= 11 is 4.76. The highest BCUT2D eigenvalue weighted by atomic mass is 79.9. The number of amides is 1. The zero-order valence-corrected chi connectivity index (χ0v) is 15.0. The average Bonchev–Trinajstić information content (AvgIpc) is 2.61. The van der Waals surface area contributed by atoms with Gasteiger partial charge in [-0.2, -0.15) is 5.10 Å². The van der Waals surface area contributed by atoms with Gasteiger partial charge in [0.05, 0.1) is 22.5 Å². The van der Waals surface area contributed by atoms with E-state index in [0.717, 1.165) is 26.0 Å². The second-order valence-electron chi connectivity index (χ2n) is 4.98. The van der Waals surface area contributed by atoms with Crippen LogP contribution < -0.4 is 5.43 Å². The van der Waals surface area contributed by atoms with Gasteiger partial charge in [0.1, 0.15) is 0 Å². The van der Waals surface area contributed by atoms with Gasteiger partial charge in [-0.1, -0.05) is 64.1 Å². The Morgan fingerprint density at radius 2 is 1.92 bits per heavy atom. The van der Waals surface area contributed by atoms with E-state index in [1.807, 2.05) is 60.7 Å². The number of benzene rings is 2. The number of pyridine rings is 1. The zero-order valence-electron chi connectivity index (χ0n) is 12.6. The summed E-state index contributed by atoms with van der Waals surface area (Å²) in [5.74, 6) is 0.103. The van der Waals surface area contributed by atoms with Crippen molar-refractivity contribution < 1.29 is 4.79 Å². The number of nitrogens with zero attached hydrogens (tertiary/aromatic N) is 2. The molecule has 0 atom stereocenters. The van der Waals surface area contributed by atoms with Crippen LogP contribution >= 0.6 is 27.7 Å². The molecule has 0 unspecified atom stereocenters. The topological polar surface area (TPSA) is 54.4 Å². The standard InChI is InChI=1S/C18H14BrN3OS/c19-15-8-5-13(6-9-15)11-20-22-17(23)12-24-18-10-7-14-3-1-2-4-16(14)21-18/h1-11H,12H2,(H,22,23)/b20-11+. The molecule has 0 saturated carbocycles. The fourth-order valence-corrected chi connectivity index (χ4v) is 2.96. The van der Waals surface area contributed by atoms with Crippen molar-refractivity contribution >= 4 is 50.7 Å².